The molecule has 0 radical (unpaired) electrons. The van der Waals surface area contributed by atoms with Crippen LogP contribution >= 0.6 is 0 Å². The highest BCUT2D eigenvalue weighted by molar-refractivity contribution is 5.75. The van der Waals surface area contributed by atoms with Crippen LogP contribution in [0.3, 0.4) is 0 Å². The lowest BCUT2D eigenvalue weighted by Gasteiger charge is -2.22. The summed E-state index contributed by atoms with van der Waals surface area (Å²) in [5, 5.41) is 6.40. The van der Waals surface area contributed by atoms with E-state index in [4.69, 9.17) is 4.74 Å². The fraction of sp³-hybridized carbons (Fsp3) is 0.632. The molecule has 1 saturated heterocycles. The molecular weight excluding hydrogens is 288 g/mol. The highest BCUT2D eigenvalue weighted by atomic mass is 16.5. The van der Waals surface area contributed by atoms with Crippen molar-refractivity contribution in [2.24, 2.45) is 11.8 Å². The number of carbonyl (C=O) groups excluding carboxylic acids is 1. The Morgan fingerprint density at radius 2 is 2.04 bits per heavy atom. The van der Waals surface area contributed by atoms with Crippen LogP contribution in [0.1, 0.15) is 38.2 Å². The highest BCUT2D eigenvalue weighted by Gasteiger charge is 2.14. The Hall–Kier alpha value is -1.39. The molecule has 1 fully saturated rings. The Morgan fingerprint density at radius 1 is 1.30 bits per heavy atom. The molecule has 1 unspecified atom stereocenters. The molecule has 1 atom stereocenters. The van der Waals surface area contributed by atoms with E-state index in [-0.39, 0.29) is 5.91 Å². The maximum Gasteiger partial charge on any atom is 0.220 e. The summed E-state index contributed by atoms with van der Waals surface area (Å²) in [6, 6.07) is 10.2. The molecule has 4 nitrogen and oxygen atoms in total. The number of piperidine rings is 1. The number of hydrogen-bond acceptors (Lipinski definition) is 3. The van der Waals surface area contributed by atoms with E-state index in [2.05, 4.69) is 29.7 Å². The molecule has 2 rings (SSSR count). The van der Waals surface area contributed by atoms with Gasteiger partial charge in [-0.25, -0.2) is 0 Å². The van der Waals surface area contributed by atoms with E-state index in [1.165, 1.54) is 18.4 Å². The minimum Gasteiger partial charge on any atom is -0.376 e. The average molecular weight is 318 g/mol. The molecule has 1 heterocycles. The van der Waals surface area contributed by atoms with Gasteiger partial charge in [0.15, 0.2) is 0 Å². The van der Waals surface area contributed by atoms with Crippen molar-refractivity contribution in [2.75, 3.05) is 26.2 Å². The molecule has 1 aliphatic rings. The molecule has 0 aliphatic carbocycles. The molecular formula is C19H30N2O2. The summed E-state index contributed by atoms with van der Waals surface area (Å²) >= 11 is 0. The molecule has 1 aromatic rings. The van der Waals surface area contributed by atoms with Crippen molar-refractivity contribution in [3.05, 3.63) is 35.9 Å². The molecule has 1 aromatic carbocycles. The Bertz CT molecular complexity index is 444. The van der Waals surface area contributed by atoms with Gasteiger partial charge in [0.1, 0.15) is 0 Å². The predicted octanol–water partition coefficient (Wildman–Crippen LogP) is 2.74. The molecule has 23 heavy (non-hydrogen) atoms. The summed E-state index contributed by atoms with van der Waals surface area (Å²) in [6.07, 6.45) is 4.09. The normalized spacial score (nSPS) is 16.9. The molecule has 2 N–H and O–H groups in total. The summed E-state index contributed by atoms with van der Waals surface area (Å²) in [5.41, 5.74) is 1.19. The van der Waals surface area contributed by atoms with Crippen molar-refractivity contribution >= 4 is 5.91 Å². The Balaban J connectivity index is 1.51. The molecule has 0 bridgehead atoms. The third-order valence-corrected chi connectivity index (χ3v) is 4.40. The largest absolute Gasteiger partial charge is 0.376 e. The Morgan fingerprint density at radius 3 is 2.78 bits per heavy atom. The Labute approximate surface area is 140 Å². The van der Waals surface area contributed by atoms with Gasteiger partial charge in [-0.3, -0.25) is 4.79 Å². The number of nitrogens with one attached hydrogen (secondary N) is 2. The van der Waals surface area contributed by atoms with Gasteiger partial charge in [-0.15, -0.1) is 0 Å². The van der Waals surface area contributed by atoms with Gasteiger partial charge in [0, 0.05) is 13.0 Å². The quantitative estimate of drug-likeness (QED) is 0.736. The predicted molar refractivity (Wildman–Crippen MR) is 93.1 cm³/mol. The van der Waals surface area contributed by atoms with E-state index in [1.54, 1.807) is 0 Å². The summed E-state index contributed by atoms with van der Waals surface area (Å²) in [4.78, 5) is 11.9. The number of carbonyl (C=O) groups is 1. The third-order valence-electron chi connectivity index (χ3n) is 4.40. The first-order valence-electron chi connectivity index (χ1n) is 8.83. The van der Waals surface area contributed by atoms with Crippen LogP contribution in [0.25, 0.3) is 0 Å². The number of benzene rings is 1. The lowest BCUT2D eigenvalue weighted by Crippen LogP contribution is -2.31. The molecule has 128 valence electrons. The van der Waals surface area contributed by atoms with Gasteiger partial charge in [0.05, 0.1) is 13.2 Å². The van der Waals surface area contributed by atoms with Crippen LogP contribution in [-0.4, -0.2) is 32.1 Å². The van der Waals surface area contributed by atoms with Gasteiger partial charge in [0.2, 0.25) is 5.91 Å². The molecule has 1 amide bonds. The van der Waals surface area contributed by atoms with Gasteiger partial charge in [-0.1, -0.05) is 37.3 Å². The minimum atomic E-state index is 0.179. The smallest absolute Gasteiger partial charge is 0.220 e. The zero-order valence-corrected chi connectivity index (χ0v) is 14.2. The molecule has 1 aliphatic heterocycles. The lowest BCUT2D eigenvalue weighted by atomic mass is 9.93. The van der Waals surface area contributed by atoms with Crippen molar-refractivity contribution in [1.29, 1.82) is 0 Å². The van der Waals surface area contributed by atoms with Crippen LogP contribution in [0.2, 0.25) is 0 Å². The van der Waals surface area contributed by atoms with Crippen LogP contribution in [0.5, 0.6) is 0 Å². The van der Waals surface area contributed by atoms with Crippen molar-refractivity contribution < 1.29 is 9.53 Å². The minimum absolute atomic E-state index is 0.179. The SMILES string of the molecule is CC(CNC(=O)CCC1CCNCC1)COCc1ccccc1. The maximum absolute atomic E-state index is 11.9. The van der Waals surface area contributed by atoms with E-state index in [1.807, 2.05) is 18.2 Å². The second-order valence-electron chi connectivity index (χ2n) is 6.64. The van der Waals surface area contributed by atoms with Crippen LogP contribution in [0, 0.1) is 11.8 Å². The Kier molecular flexibility index (Phi) is 8.12. The molecule has 4 heteroatoms. The van der Waals surface area contributed by atoms with E-state index in [0.29, 0.717) is 38.0 Å². The number of hydrogen-bond donors (Lipinski definition) is 2. The molecule has 0 spiro atoms. The first-order valence-corrected chi connectivity index (χ1v) is 8.83. The average Bonchev–Trinajstić information content (AvgIpc) is 2.60. The van der Waals surface area contributed by atoms with Gasteiger partial charge in [-0.2, -0.15) is 0 Å². The van der Waals surface area contributed by atoms with Crippen LogP contribution < -0.4 is 10.6 Å². The summed E-state index contributed by atoms with van der Waals surface area (Å²) < 4.78 is 5.71. The monoisotopic (exact) mass is 318 g/mol. The number of ether oxygens (including phenoxy) is 1. The van der Waals surface area contributed by atoms with E-state index in [0.717, 1.165) is 19.5 Å². The second kappa shape index (κ2) is 10.4. The van der Waals surface area contributed by atoms with Crippen molar-refractivity contribution in [2.45, 2.75) is 39.2 Å². The van der Waals surface area contributed by atoms with Crippen molar-refractivity contribution in [1.82, 2.24) is 10.6 Å². The van der Waals surface area contributed by atoms with Gasteiger partial charge in [0.25, 0.3) is 0 Å². The maximum atomic E-state index is 11.9. The number of amides is 1. The first kappa shape index (κ1) is 18.0. The fourth-order valence-electron chi connectivity index (χ4n) is 2.89. The topological polar surface area (TPSA) is 50.4 Å². The van der Waals surface area contributed by atoms with Crippen molar-refractivity contribution in [3.63, 3.8) is 0 Å². The van der Waals surface area contributed by atoms with Crippen LogP contribution in [0.4, 0.5) is 0 Å². The number of rotatable bonds is 9. The standard InChI is InChI=1S/C19H30N2O2/c1-16(14-23-15-18-5-3-2-4-6-18)13-21-19(22)8-7-17-9-11-20-12-10-17/h2-6,16-17,20H,7-15H2,1H3,(H,21,22). The molecule has 0 saturated carbocycles. The second-order valence-corrected chi connectivity index (χ2v) is 6.64. The lowest BCUT2D eigenvalue weighted by molar-refractivity contribution is -0.121. The van der Waals surface area contributed by atoms with Gasteiger partial charge >= 0.3 is 0 Å². The zero-order valence-electron chi connectivity index (χ0n) is 14.2. The van der Waals surface area contributed by atoms with Gasteiger partial charge < -0.3 is 15.4 Å². The van der Waals surface area contributed by atoms with Crippen LogP contribution in [0.15, 0.2) is 30.3 Å². The van der Waals surface area contributed by atoms with E-state index >= 15 is 0 Å². The summed E-state index contributed by atoms with van der Waals surface area (Å²) in [7, 11) is 0. The van der Waals surface area contributed by atoms with E-state index in [9.17, 15) is 4.79 Å². The molecule has 0 aromatic heterocycles. The van der Waals surface area contributed by atoms with Crippen LogP contribution in [-0.2, 0) is 16.1 Å². The first-order chi connectivity index (χ1) is 11.2. The summed E-state index contributed by atoms with van der Waals surface area (Å²) in [5.74, 6) is 1.23. The zero-order chi connectivity index (χ0) is 16.3. The fourth-order valence-corrected chi connectivity index (χ4v) is 2.89. The third kappa shape index (κ3) is 7.62. The van der Waals surface area contributed by atoms with Gasteiger partial charge in [-0.05, 0) is 49.8 Å². The van der Waals surface area contributed by atoms with Crippen molar-refractivity contribution in [3.8, 4) is 0 Å². The highest BCUT2D eigenvalue weighted by Crippen LogP contribution is 2.17. The van der Waals surface area contributed by atoms with E-state index < -0.39 is 0 Å². The summed E-state index contributed by atoms with van der Waals surface area (Å²) in [6.45, 7) is 6.31.